The first-order valence-electron chi connectivity index (χ1n) is 15.3. The first-order valence-corrected chi connectivity index (χ1v) is 15.3. The van der Waals surface area contributed by atoms with Gasteiger partial charge in [0.1, 0.15) is 11.2 Å². The van der Waals surface area contributed by atoms with E-state index < -0.39 is 0 Å². The molecular weight excluding hydrogens is 550 g/mol. The maximum atomic E-state index is 6.22. The number of rotatable bonds is 4. The lowest BCUT2D eigenvalue weighted by atomic mass is 9.89. The minimum absolute atomic E-state index is 0.645. The van der Waals surface area contributed by atoms with Gasteiger partial charge in [-0.1, -0.05) is 115 Å². The van der Waals surface area contributed by atoms with Gasteiger partial charge in [-0.25, -0.2) is 15.0 Å². The van der Waals surface area contributed by atoms with Crippen molar-refractivity contribution < 1.29 is 4.42 Å². The van der Waals surface area contributed by atoms with Gasteiger partial charge < -0.3 is 4.42 Å². The fourth-order valence-electron chi connectivity index (χ4n) is 6.54. The molecule has 6 aromatic carbocycles. The summed E-state index contributed by atoms with van der Waals surface area (Å²) in [5, 5.41) is 4.41. The molecule has 0 fully saturated rings. The van der Waals surface area contributed by atoms with Crippen LogP contribution in [-0.4, -0.2) is 15.0 Å². The van der Waals surface area contributed by atoms with E-state index in [4.69, 9.17) is 19.4 Å². The second-order valence-corrected chi connectivity index (χ2v) is 11.6. The van der Waals surface area contributed by atoms with Crippen LogP contribution in [0.4, 0.5) is 0 Å². The number of hydrogen-bond donors (Lipinski definition) is 0. The molecule has 4 heteroatoms. The molecule has 0 atom stereocenters. The number of hydrogen-bond acceptors (Lipinski definition) is 4. The SMILES string of the molecule is C1=C(c2nc(-c3ccc4ccccc4c3)nc(-c3cccc4oc5ccccc5c34)n2)CCc2cc(-c3ccccc3)ccc21. The van der Waals surface area contributed by atoms with E-state index in [0.29, 0.717) is 17.5 Å². The van der Waals surface area contributed by atoms with Crippen molar-refractivity contribution in [1.82, 2.24) is 15.0 Å². The molecule has 1 aliphatic rings. The standard InChI is InChI=1S/C41H27N3O/c1-2-9-26(10-3-1)29-18-19-31-25-33(22-20-30(31)23-29)40-42-39(32-21-17-27-11-4-5-12-28(27)24-32)43-41(44-40)35-14-8-16-37-38(35)34-13-6-7-15-36(34)45-37/h1-19,21,23-25H,20,22H2. The average Bonchev–Trinajstić information content (AvgIpc) is 3.50. The van der Waals surface area contributed by atoms with Gasteiger partial charge in [-0.3, -0.25) is 0 Å². The Hall–Kier alpha value is -5.87. The number of benzene rings is 6. The summed E-state index contributed by atoms with van der Waals surface area (Å²) in [6, 6.07) is 46.4. The van der Waals surface area contributed by atoms with Crippen LogP contribution in [0.5, 0.6) is 0 Å². The molecule has 1 aliphatic carbocycles. The van der Waals surface area contributed by atoms with Crippen LogP contribution in [0.3, 0.4) is 0 Å². The minimum Gasteiger partial charge on any atom is -0.456 e. The third-order valence-electron chi connectivity index (χ3n) is 8.82. The van der Waals surface area contributed by atoms with Crippen LogP contribution >= 0.6 is 0 Å². The monoisotopic (exact) mass is 577 g/mol. The summed E-state index contributed by atoms with van der Waals surface area (Å²) in [6.45, 7) is 0. The van der Waals surface area contributed by atoms with Crippen molar-refractivity contribution in [2.75, 3.05) is 0 Å². The van der Waals surface area contributed by atoms with Crippen molar-refractivity contribution in [3.8, 4) is 33.9 Å². The Morgan fingerprint density at radius 2 is 1.24 bits per heavy atom. The Labute approximate surface area is 260 Å². The van der Waals surface area contributed by atoms with Crippen LogP contribution in [0.15, 0.2) is 138 Å². The molecule has 8 aromatic rings. The largest absolute Gasteiger partial charge is 0.456 e. The zero-order chi connectivity index (χ0) is 29.7. The summed E-state index contributed by atoms with van der Waals surface area (Å²) in [5.41, 5.74) is 9.73. The average molecular weight is 578 g/mol. The molecule has 0 unspecified atom stereocenters. The van der Waals surface area contributed by atoms with Crippen LogP contribution in [0.25, 0.3) is 78.3 Å². The summed E-state index contributed by atoms with van der Waals surface area (Å²) in [6.07, 6.45) is 4.03. The quantitative estimate of drug-likeness (QED) is 0.209. The van der Waals surface area contributed by atoms with Crippen molar-refractivity contribution >= 4 is 44.4 Å². The van der Waals surface area contributed by atoms with Gasteiger partial charge >= 0.3 is 0 Å². The highest BCUT2D eigenvalue weighted by molar-refractivity contribution is 6.11. The smallest absolute Gasteiger partial charge is 0.164 e. The fourth-order valence-corrected chi connectivity index (χ4v) is 6.54. The first-order chi connectivity index (χ1) is 22.3. The maximum absolute atomic E-state index is 6.22. The van der Waals surface area contributed by atoms with Gasteiger partial charge in [0.2, 0.25) is 0 Å². The zero-order valence-corrected chi connectivity index (χ0v) is 24.4. The molecular formula is C41H27N3O. The first kappa shape index (κ1) is 25.6. The summed E-state index contributed by atoms with van der Waals surface area (Å²) in [4.78, 5) is 15.4. The van der Waals surface area contributed by atoms with E-state index in [1.54, 1.807) is 0 Å². The molecule has 0 saturated carbocycles. The Morgan fingerprint density at radius 3 is 2.18 bits per heavy atom. The lowest BCUT2D eigenvalue weighted by Gasteiger charge is -2.18. The molecule has 0 radical (unpaired) electrons. The van der Waals surface area contributed by atoms with E-state index in [1.807, 2.05) is 30.3 Å². The molecule has 0 N–H and O–H groups in total. The van der Waals surface area contributed by atoms with Crippen LogP contribution in [0.1, 0.15) is 23.4 Å². The molecule has 0 saturated heterocycles. The topological polar surface area (TPSA) is 51.8 Å². The van der Waals surface area contributed by atoms with E-state index in [1.165, 1.54) is 27.6 Å². The highest BCUT2D eigenvalue weighted by Crippen LogP contribution is 2.38. The van der Waals surface area contributed by atoms with Crippen molar-refractivity contribution in [2.24, 2.45) is 0 Å². The van der Waals surface area contributed by atoms with E-state index >= 15 is 0 Å². The number of nitrogens with zero attached hydrogens (tertiary/aromatic N) is 3. The number of allylic oxidation sites excluding steroid dienone is 1. The van der Waals surface area contributed by atoms with Crippen molar-refractivity contribution in [1.29, 1.82) is 0 Å². The van der Waals surface area contributed by atoms with Gasteiger partial charge in [-0.15, -0.1) is 0 Å². The molecule has 45 heavy (non-hydrogen) atoms. The molecule has 0 spiro atoms. The van der Waals surface area contributed by atoms with Gasteiger partial charge in [0.25, 0.3) is 0 Å². The number of para-hydroxylation sites is 1. The second-order valence-electron chi connectivity index (χ2n) is 11.6. The van der Waals surface area contributed by atoms with Gasteiger partial charge in [-0.2, -0.15) is 0 Å². The van der Waals surface area contributed by atoms with Gasteiger partial charge in [-0.05, 0) is 75.7 Å². The van der Waals surface area contributed by atoms with Gasteiger partial charge in [0.05, 0.1) is 0 Å². The van der Waals surface area contributed by atoms with Gasteiger partial charge in [0, 0.05) is 21.9 Å². The van der Waals surface area contributed by atoms with Crippen LogP contribution in [0, 0.1) is 0 Å². The van der Waals surface area contributed by atoms with E-state index in [0.717, 1.165) is 56.9 Å². The van der Waals surface area contributed by atoms with Crippen molar-refractivity contribution in [3.63, 3.8) is 0 Å². The summed E-state index contributed by atoms with van der Waals surface area (Å²) in [7, 11) is 0. The van der Waals surface area contributed by atoms with Gasteiger partial charge in [0.15, 0.2) is 17.5 Å². The third-order valence-corrected chi connectivity index (χ3v) is 8.82. The lowest BCUT2D eigenvalue weighted by molar-refractivity contribution is 0.669. The number of fused-ring (bicyclic) bond motifs is 5. The van der Waals surface area contributed by atoms with Crippen LogP contribution in [0.2, 0.25) is 0 Å². The maximum Gasteiger partial charge on any atom is 0.164 e. The zero-order valence-electron chi connectivity index (χ0n) is 24.4. The van der Waals surface area contributed by atoms with Crippen LogP contribution in [-0.2, 0) is 6.42 Å². The molecule has 2 heterocycles. The molecule has 2 aromatic heterocycles. The van der Waals surface area contributed by atoms with E-state index in [9.17, 15) is 0 Å². The number of aromatic nitrogens is 3. The van der Waals surface area contributed by atoms with Crippen molar-refractivity contribution in [3.05, 3.63) is 150 Å². The number of aryl methyl sites for hydroxylation is 1. The normalized spacial score (nSPS) is 12.8. The second kappa shape index (κ2) is 10.4. The third kappa shape index (κ3) is 4.50. The van der Waals surface area contributed by atoms with Crippen molar-refractivity contribution in [2.45, 2.75) is 12.8 Å². The fraction of sp³-hybridized carbons (Fsp3) is 0.0488. The van der Waals surface area contributed by atoms with E-state index in [2.05, 4.69) is 109 Å². The Morgan fingerprint density at radius 1 is 0.489 bits per heavy atom. The van der Waals surface area contributed by atoms with E-state index in [-0.39, 0.29) is 0 Å². The summed E-state index contributed by atoms with van der Waals surface area (Å²) >= 11 is 0. The lowest BCUT2D eigenvalue weighted by Crippen LogP contribution is -2.06. The Kier molecular flexibility index (Phi) is 5.91. The Balaban J connectivity index is 1.22. The molecule has 0 aliphatic heterocycles. The molecule has 212 valence electrons. The summed E-state index contributed by atoms with van der Waals surface area (Å²) < 4.78 is 6.22. The summed E-state index contributed by atoms with van der Waals surface area (Å²) in [5.74, 6) is 2.02. The minimum atomic E-state index is 0.645. The Bertz CT molecular complexity index is 2440. The predicted octanol–water partition coefficient (Wildman–Crippen LogP) is 10.4. The molecule has 4 nitrogen and oxygen atoms in total. The highest BCUT2D eigenvalue weighted by atomic mass is 16.3. The highest BCUT2D eigenvalue weighted by Gasteiger charge is 2.20. The molecule has 0 bridgehead atoms. The molecule has 9 rings (SSSR count). The predicted molar refractivity (Wildman–Crippen MR) is 184 cm³/mol. The van der Waals surface area contributed by atoms with Crippen LogP contribution < -0.4 is 0 Å². The number of furan rings is 1. The molecule has 0 amide bonds.